The minimum Gasteiger partial charge on any atom is -0.377 e. The lowest BCUT2D eigenvalue weighted by Gasteiger charge is -2.28. The van der Waals surface area contributed by atoms with Crippen molar-refractivity contribution in [3.63, 3.8) is 0 Å². The first-order chi connectivity index (χ1) is 10.1. The van der Waals surface area contributed by atoms with E-state index in [1.807, 2.05) is 45.0 Å². The molecule has 1 aromatic rings. The van der Waals surface area contributed by atoms with E-state index in [0.717, 1.165) is 24.0 Å². The van der Waals surface area contributed by atoms with Gasteiger partial charge in [0, 0.05) is 19.7 Å². The molecule has 1 aromatic carbocycles. The smallest absolute Gasteiger partial charge is 0.227 e. The van der Waals surface area contributed by atoms with Crippen molar-refractivity contribution >= 4 is 18.3 Å². The average molecular weight is 329 g/mol. The van der Waals surface area contributed by atoms with Gasteiger partial charge in [0.15, 0.2) is 0 Å². The monoisotopic (exact) mass is 328 g/mol. The van der Waals surface area contributed by atoms with E-state index in [0.29, 0.717) is 26.3 Å². The van der Waals surface area contributed by atoms with Gasteiger partial charge < -0.3 is 15.8 Å². The van der Waals surface area contributed by atoms with E-state index >= 15 is 0 Å². The molecule has 4 nitrogen and oxygen atoms in total. The average Bonchev–Trinajstić information content (AvgIpc) is 2.53. The molecule has 0 radical (unpaired) electrons. The Bertz CT molecular complexity index is 440. The Morgan fingerprint density at radius 3 is 2.27 bits per heavy atom. The summed E-state index contributed by atoms with van der Waals surface area (Å²) >= 11 is 0. The number of nitrogens with one attached hydrogen (secondary N) is 1. The van der Waals surface area contributed by atoms with Crippen molar-refractivity contribution in [3.8, 4) is 0 Å². The maximum atomic E-state index is 12.4. The highest BCUT2D eigenvalue weighted by atomic mass is 35.5. The summed E-state index contributed by atoms with van der Waals surface area (Å²) < 4.78 is 5.47. The normalized spacial score (nSPS) is 10.9. The second-order valence-corrected chi connectivity index (χ2v) is 5.28. The van der Waals surface area contributed by atoms with Gasteiger partial charge in [-0.3, -0.25) is 4.79 Å². The van der Waals surface area contributed by atoms with Gasteiger partial charge in [-0.1, -0.05) is 38.1 Å². The van der Waals surface area contributed by atoms with E-state index < -0.39 is 5.41 Å². The third kappa shape index (κ3) is 5.27. The fourth-order valence-corrected chi connectivity index (χ4v) is 2.40. The predicted octanol–water partition coefficient (Wildman–Crippen LogP) is 3.03. The highest BCUT2D eigenvalue weighted by molar-refractivity contribution is 5.85. The summed E-state index contributed by atoms with van der Waals surface area (Å²) in [7, 11) is 0. The molecule has 22 heavy (non-hydrogen) atoms. The van der Waals surface area contributed by atoms with Gasteiger partial charge in [0.1, 0.15) is 0 Å². The van der Waals surface area contributed by atoms with E-state index in [9.17, 15) is 4.79 Å². The number of halogens is 1. The molecule has 0 aromatic heterocycles. The Labute approximate surface area is 140 Å². The van der Waals surface area contributed by atoms with E-state index in [1.54, 1.807) is 0 Å². The van der Waals surface area contributed by atoms with Crippen molar-refractivity contribution in [2.24, 2.45) is 11.1 Å². The molecule has 0 aliphatic heterocycles. The number of nitrogens with two attached hydrogens (primary N) is 1. The van der Waals surface area contributed by atoms with Crippen molar-refractivity contribution in [2.75, 3.05) is 13.2 Å². The number of carbonyl (C=O) groups excluding carboxylic acids is 1. The number of benzene rings is 1. The second-order valence-electron chi connectivity index (χ2n) is 5.28. The molecule has 0 heterocycles. The Morgan fingerprint density at radius 2 is 1.77 bits per heavy atom. The number of hydrogen-bond donors (Lipinski definition) is 2. The first-order valence-electron chi connectivity index (χ1n) is 7.76. The molecule has 0 bridgehead atoms. The molecule has 1 rings (SSSR count). The Hall–Kier alpha value is -1.10. The molecule has 0 aliphatic rings. The molecular weight excluding hydrogens is 300 g/mol. The number of amides is 1. The molecule has 0 saturated heterocycles. The van der Waals surface area contributed by atoms with Crippen LogP contribution in [0.3, 0.4) is 0 Å². The zero-order valence-electron chi connectivity index (χ0n) is 13.9. The zero-order valence-corrected chi connectivity index (χ0v) is 14.7. The van der Waals surface area contributed by atoms with Crippen molar-refractivity contribution in [1.29, 1.82) is 0 Å². The lowest BCUT2D eigenvalue weighted by molar-refractivity contribution is -0.131. The highest BCUT2D eigenvalue weighted by Gasteiger charge is 2.32. The lowest BCUT2D eigenvalue weighted by atomic mass is 9.81. The molecule has 126 valence electrons. The maximum absolute atomic E-state index is 12.4. The topological polar surface area (TPSA) is 64.3 Å². The van der Waals surface area contributed by atoms with Crippen molar-refractivity contribution in [1.82, 2.24) is 5.32 Å². The number of rotatable bonds is 9. The van der Waals surface area contributed by atoms with Gasteiger partial charge in [-0.15, -0.1) is 12.4 Å². The summed E-state index contributed by atoms with van der Waals surface area (Å²) in [5.74, 6) is 0.0428. The van der Waals surface area contributed by atoms with Gasteiger partial charge in [0.05, 0.1) is 12.0 Å². The van der Waals surface area contributed by atoms with Crippen molar-refractivity contribution in [3.05, 3.63) is 35.4 Å². The summed E-state index contributed by atoms with van der Waals surface area (Å²) in [5.41, 5.74) is 7.58. The van der Waals surface area contributed by atoms with Gasteiger partial charge in [-0.25, -0.2) is 0 Å². The quantitative estimate of drug-likeness (QED) is 0.732. The molecule has 0 unspecified atom stereocenters. The van der Waals surface area contributed by atoms with Gasteiger partial charge >= 0.3 is 0 Å². The minimum absolute atomic E-state index is 0. The van der Waals surface area contributed by atoms with Crippen LogP contribution in [0.5, 0.6) is 0 Å². The molecular formula is C17H29ClN2O2. The maximum Gasteiger partial charge on any atom is 0.227 e. The SMILES string of the molecule is CCOCc1ccccc1CNC(=O)C(CC)(CC)CN.Cl. The molecule has 3 N–H and O–H groups in total. The summed E-state index contributed by atoms with van der Waals surface area (Å²) in [6.45, 7) is 8.16. The fraction of sp³-hybridized carbons (Fsp3) is 0.588. The first kappa shape index (κ1) is 20.9. The van der Waals surface area contributed by atoms with Crippen LogP contribution in [-0.2, 0) is 22.7 Å². The van der Waals surface area contributed by atoms with Crippen LogP contribution in [0.4, 0.5) is 0 Å². The van der Waals surface area contributed by atoms with Crippen LogP contribution in [-0.4, -0.2) is 19.1 Å². The summed E-state index contributed by atoms with van der Waals surface area (Å²) in [4.78, 5) is 12.4. The van der Waals surface area contributed by atoms with Crippen LogP contribution in [0.15, 0.2) is 24.3 Å². The van der Waals surface area contributed by atoms with Crippen molar-refractivity contribution in [2.45, 2.75) is 46.8 Å². The third-order valence-electron chi connectivity index (χ3n) is 4.25. The summed E-state index contributed by atoms with van der Waals surface area (Å²) in [6, 6.07) is 8.03. The van der Waals surface area contributed by atoms with Crippen LogP contribution in [0, 0.1) is 5.41 Å². The Morgan fingerprint density at radius 1 is 1.18 bits per heavy atom. The molecule has 0 atom stereocenters. The van der Waals surface area contributed by atoms with Gasteiger partial charge in [-0.05, 0) is 30.9 Å². The molecule has 0 fully saturated rings. The highest BCUT2D eigenvalue weighted by Crippen LogP contribution is 2.25. The van der Waals surface area contributed by atoms with Gasteiger partial charge in [0.25, 0.3) is 0 Å². The summed E-state index contributed by atoms with van der Waals surface area (Å²) in [5, 5.41) is 3.03. The molecule has 0 aliphatic carbocycles. The Balaban J connectivity index is 0.00000441. The van der Waals surface area contributed by atoms with Crippen LogP contribution in [0.1, 0.15) is 44.7 Å². The lowest BCUT2D eigenvalue weighted by Crippen LogP contribution is -2.45. The number of carbonyl (C=O) groups is 1. The standard InChI is InChI=1S/C17H28N2O2.ClH/c1-4-17(5-2,13-18)16(20)19-11-14-9-7-8-10-15(14)12-21-6-3;/h7-10H,4-6,11-13,18H2,1-3H3,(H,19,20);1H. The molecule has 0 saturated carbocycles. The van der Waals surface area contributed by atoms with E-state index in [2.05, 4.69) is 5.32 Å². The Kier molecular flexibility index (Phi) is 10.1. The fourth-order valence-electron chi connectivity index (χ4n) is 2.40. The summed E-state index contributed by atoms with van der Waals surface area (Å²) in [6.07, 6.45) is 1.51. The largest absolute Gasteiger partial charge is 0.377 e. The molecule has 0 spiro atoms. The molecule has 1 amide bonds. The van der Waals surface area contributed by atoms with E-state index in [4.69, 9.17) is 10.5 Å². The second kappa shape index (κ2) is 10.6. The van der Waals surface area contributed by atoms with Gasteiger partial charge in [-0.2, -0.15) is 0 Å². The number of ether oxygens (including phenoxy) is 1. The predicted molar refractivity (Wildman–Crippen MR) is 92.9 cm³/mol. The van der Waals surface area contributed by atoms with Crippen LogP contribution in [0.2, 0.25) is 0 Å². The van der Waals surface area contributed by atoms with Crippen LogP contribution in [0.25, 0.3) is 0 Å². The van der Waals surface area contributed by atoms with E-state index in [1.165, 1.54) is 0 Å². The van der Waals surface area contributed by atoms with Crippen LogP contribution >= 0.6 is 12.4 Å². The van der Waals surface area contributed by atoms with Gasteiger partial charge in [0.2, 0.25) is 5.91 Å². The minimum atomic E-state index is -0.450. The third-order valence-corrected chi connectivity index (χ3v) is 4.25. The van der Waals surface area contributed by atoms with E-state index in [-0.39, 0.29) is 18.3 Å². The first-order valence-corrected chi connectivity index (χ1v) is 7.76. The van der Waals surface area contributed by atoms with Crippen molar-refractivity contribution < 1.29 is 9.53 Å². The molecule has 5 heteroatoms. The zero-order chi connectivity index (χ0) is 15.7. The number of hydrogen-bond acceptors (Lipinski definition) is 3. The van der Waals surface area contributed by atoms with Crippen LogP contribution < -0.4 is 11.1 Å².